The molecule has 0 radical (unpaired) electrons. The SMILES string of the molecule is CCCCCCCCCCCc1c(O)cccc1Oc1ccc(S(=O)(=O)O)cc1.CCCCCCCCCCCc1c([O-])cccc1Oc1ccc(S(=O)(=O)[O-])cc1.[Ca+2]. The number of hydrogen-bond acceptors (Lipinski definition) is 9. The number of phenolic OH excluding ortho intramolecular Hbond substituents is 1. The number of ether oxygens (including phenoxy) is 2. The molecule has 0 spiro atoms. The van der Waals surface area contributed by atoms with Crippen LogP contribution in [-0.2, 0) is 33.1 Å². The summed E-state index contributed by atoms with van der Waals surface area (Å²) in [5, 5.41) is 22.5. The minimum absolute atomic E-state index is 0. The first kappa shape index (κ1) is 52.3. The molecule has 320 valence electrons. The van der Waals surface area contributed by atoms with Gasteiger partial charge < -0.3 is 24.2 Å². The van der Waals surface area contributed by atoms with Crippen molar-refractivity contribution in [3.63, 3.8) is 0 Å². The van der Waals surface area contributed by atoms with E-state index in [1.807, 2.05) is 0 Å². The fourth-order valence-corrected chi connectivity index (χ4v) is 7.57. The van der Waals surface area contributed by atoms with E-state index in [1.54, 1.807) is 30.3 Å². The molecule has 13 heteroatoms. The summed E-state index contributed by atoms with van der Waals surface area (Å²) in [4.78, 5) is -0.493. The molecule has 4 aromatic carbocycles. The van der Waals surface area contributed by atoms with Crippen LogP contribution >= 0.6 is 0 Å². The van der Waals surface area contributed by atoms with E-state index in [2.05, 4.69) is 13.8 Å². The average Bonchev–Trinajstić information content (AvgIpc) is 3.18. The Labute approximate surface area is 383 Å². The molecule has 0 saturated heterocycles. The summed E-state index contributed by atoms with van der Waals surface area (Å²) in [6.45, 7) is 4.45. The maximum Gasteiger partial charge on any atom is 2.00 e. The second-order valence-corrected chi connectivity index (χ2v) is 17.5. The molecule has 59 heavy (non-hydrogen) atoms. The first-order valence-electron chi connectivity index (χ1n) is 20.9. The van der Waals surface area contributed by atoms with Crippen LogP contribution in [0.15, 0.2) is 94.7 Å². The van der Waals surface area contributed by atoms with Crippen LogP contribution in [0.4, 0.5) is 0 Å². The molecule has 0 amide bonds. The van der Waals surface area contributed by atoms with Crippen molar-refractivity contribution in [2.24, 2.45) is 0 Å². The molecule has 0 bridgehead atoms. The predicted molar refractivity (Wildman–Crippen MR) is 232 cm³/mol. The molecule has 0 aromatic heterocycles. The molecule has 0 heterocycles. The van der Waals surface area contributed by atoms with E-state index in [0.29, 0.717) is 35.0 Å². The summed E-state index contributed by atoms with van der Waals surface area (Å²) in [7, 11) is -8.72. The molecular formula is C46H62CaO10S2. The molecule has 0 unspecified atom stereocenters. The zero-order chi connectivity index (χ0) is 42.2. The molecule has 4 rings (SSSR count). The summed E-state index contributed by atoms with van der Waals surface area (Å²) in [6.07, 6.45) is 23.4. The largest absolute Gasteiger partial charge is 2.00 e. The van der Waals surface area contributed by atoms with Crippen LogP contribution in [0.3, 0.4) is 0 Å². The Bertz CT molecular complexity index is 1840. The average molecular weight is 879 g/mol. The van der Waals surface area contributed by atoms with Crippen molar-refractivity contribution in [2.45, 2.75) is 152 Å². The van der Waals surface area contributed by atoms with Gasteiger partial charge >= 0.3 is 37.7 Å². The van der Waals surface area contributed by atoms with Crippen molar-refractivity contribution in [2.75, 3.05) is 0 Å². The summed E-state index contributed by atoms with van der Waals surface area (Å²) in [5.41, 5.74) is 1.39. The molecule has 0 aliphatic carbocycles. The third-order valence-corrected chi connectivity index (χ3v) is 11.7. The topological polar surface area (TPSA) is 173 Å². The van der Waals surface area contributed by atoms with Gasteiger partial charge in [0.25, 0.3) is 10.1 Å². The van der Waals surface area contributed by atoms with Crippen molar-refractivity contribution in [1.82, 2.24) is 0 Å². The van der Waals surface area contributed by atoms with Gasteiger partial charge in [-0.2, -0.15) is 8.42 Å². The van der Waals surface area contributed by atoms with Crippen LogP contribution in [0.1, 0.15) is 141 Å². The van der Waals surface area contributed by atoms with Gasteiger partial charge in [-0.1, -0.05) is 135 Å². The predicted octanol–water partition coefficient (Wildman–Crippen LogP) is 11.7. The molecular weight excluding hydrogens is 817 g/mol. The number of hydrogen-bond donors (Lipinski definition) is 2. The van der Waals surface area contributed by atoms with Crippen LogP contribution in [0.2, 0.25) is 0 Å². The third-order valence-electron chi connectivity index (χ3n) is 9.95. The summed E-state index contributed by atoms with van der Waals surface area (Å²) < 4.78 is 76.1. The maximum absolute atomic E-state index is 12.3. The van der Waals surface area contributed by atoms with E-state index in [0.717, 1.165) is 37.7 Å². The van der Waals surface area contributed by atoms with Crippen LogP contribution in [-0.4, -0.2) is 68.8 Å². The Morgan fingerprint density at radius 3 is 1.31 bits per heavy atom. The van der Waals surface area contributed by atoms with Gasteiger partial charge in [-0.15, -0.1) is 5.75 Å². The van der Waals surface area contributed by atoms with E-state index in [1.165, 1.54) is 144 Å². The Balaban J connectivity index is 0.000000400. The van der Waals surface area contributed by atoms with E-state index in [4.69, 9.17) is 14.0 Å². The van der Waals surface area contributed by atoms with Gasteiger partial charge in [0.15, 0.2) is 0 Å². The Morgan fingerprint density at radius 1 is 0.508 bits per heavy atom. The van der Waals surface area contributed by atoms with Gasteiger partial charge in [-0.05, 0) is 98.0 Å². The minimum Gasteiger partial charge on any atom is -0.872 e. The molecule has 4 aromatic rings. The first-order valence-corrected chi connectivity index (χ1v) is 23.8. The summed E-state index contributed by atoms with van der Waals surface area (Å²) in [6, 6.07) is 20.9. The van der Waals surface area contributed by atoms with Crippen molar-refractivity contribution in [1.29, 1.82) is 0 Å². The summed E-state index contributed by atoms with van der Waals surface area (Å²) in [5.74, 6) is 2.02. The number of unbranched alkanes of at least 4 members (excludes halogenated alkanes) is 16. The minimum atomic E-state index is -4.49. The number of benzene rings is 4. The monoisotopic (exact) mass is 878 g/mol. The molecule has 0 saturated carbocycles. The van der Waals surface area contributed by atoms with E-state index in [-0.39, 0.29) is 59.0 Å². The summed E-state index contributed by atoms with van der Waals surface area (Å²) >= 11 is 0. The fraction of sp³-hybridized carbons (Fsp3) is 0.478. The van der Waals surface area contributed by atoms with Crippen LogP contribution in [0.25, 0.3) is 0 Å². The molecule has 2 N–H and O–H groups in total. The van der Waals surface area contributed by atoms with Crippen LogP contribution < -0.4 is 14.6 Å². The molecule has 10 nitrogen and oxygen atoms in total. The van der Waals surface area contributed by atoms with Crippen molar-refractivity contribution in [3.05, 3.63) is 96.1 Å². The van der Waals surface area contributed by atoms with E-state index < -0.39 is 20.2 Å². The van der Waals surface area contributed by atoms with Crippen molar-refractivity contribution >= 4 is 58.0 Å². The maximum atomic E-state index is 12.3. The second kappa shape index (κ2) is 28.6. The zero-order valence-corrected chi connectivity index (χ0v) is 38.8. The molecule has 0 aliphatic rings. The van der Waals surface area contributed by atoms with Gasteiger partial charge in [0.05, 0.1) is 9.79 Å². The Hall–Kier alpha value is -2.84. The third kappa shape index (κ3) is 20.5. The Kier molecular flexibility index (Phi) is 25.4. The normalized spacial score (nSPS) is 11.3. The fourth-order valence-electron chi connectivity index (χ4n) is 6.62. The van der Waals surface area contributed by atoms with Crippen molar-refractivity contribution < 1.29 is 45.6 Å². The quantitative estimate of drug-likeness (QED) is 0.0351. The first-order chi connectivity index (χ1) is 27.8. The van der Waals surface area contributed by atoms with E-state index in [9.17, 15) is 31.6 Å². The van der Waals surface area contributed by atoms with Crippen LogP contribution in [0.5, 0.6) is 34.5 Å². The molecule has 0 aliphatic heterocycles. The number of phenols is 1. The van der Waals surface area contributed by atoms with E-state index >= 15 is 0 Å². The second-order valence-electron chi connectivity index (χ2n) is 14.7. The van der Waals surface area contributed by atoms with Crippen molar-refractivity contribution in [3.8, 4) is 34.5 Å². The number of aromatic hydroxyl groups is 1. The smallest absolute Gasteiger partial charge is 0.872 e. The molecule has 0 atom stereocenters. The zero-order valence-electron chi connectivity index (χ0n) is 34.9. The van der Waals surface area contributed by atoms with Gasteiger partial charge in [-0.25, -0.2) is 8.42 Å². The van der Waals surface area contributed by atoms with Gasteiger partial charge in [0.1, 0.15) is 38.9 Å². The van der Waals surface area contributed by atoms with Gasteiger partial charge in [0, 0.05) is 5.56 Å². The van der Waals surface area contributed by atoms with Gasteiger partial charge in [0.2, 0.25) is 0 Å². The van der Waals surface area contributed by atoms with Crippen LogP contribution in [0, 0.1) is 0 Å². The molecule has 0 fully saturated rings. The van der Waals surface area contributed by atoms with Gasteiger partial charge in [-0.3, -0.25) is 4.55 Å². The number of rotatable bonds is 26. The Morgan fingerprint density at radius 2 is 0.881 bits per heavy atom. The standard InChI is InChI=1S/2C23H32O5S.Ca/c2*1-2-3-4-5-6-7-8-9-10-12-21-22(24)13-11-14-23(21)28-19-15-17-20(18-16-19)29(25,26)27;/h2*11,13-18,24H,2-10,12H2,1H3,(H,25,26,27);/q;;+2/p-2.